The van der Waals surface area contributed by atoms with Gasteiger partial charge in [-0.25, -0.2) is 9.78 Å². The molecule has 9 nitrogen and oxygen atoms in total. The smallest absolute Gasteiger partial charge is 0.414 e. The first kappa shape index (κ1) is 17.8. The lowest BCUT2D eigenvalue weighted by molar-refractivity contribution is -0.119. The summed E-state index contributed by atoms with van der Waals surface area (Å²) in [5.74, 6) is 0.345. The Balaban J connectivity index is 1.57. The number of hydrogen-bond donors (Lipinski definition) is 1. The second kappa shape index (κ2) is 6.84. The summed E-state index contributed by atoms with van der Waals surface area (Å²) in [6.07, 6.45) is 4.69. The molecule has 2 aromatic heterocycles. The fourth-order valence-corrected chi connectivity index (χ4v) is 3.27. The number of ether oxygens (including phenoxy) is 1. The number of anilines is 1. The van der Waals surface area contributed by atoms with Crippen molar-refractivity contribution in [2.75, 3.05) is 18.1 Å². The number of carbonyl (C=O) groups excluding carboxylic acids is 3. The summed E-state index contributed by atoms with van der Waals surface area (Å²) < 4.78 is 8.67. The highest BCUT2D eigenvalue weighted by Crippen LogP contribution is 2.24. The van der Waals surface area contributed by atoms with Crippen LogP contribution in [0.1, 0.15) is 23.0 Å². The molecule has 4 rings (SSSR count). The van der Waals surface area contributed by atoms with Gasteiger partial charge >= 0.3 is 6.09 Å². The van der Waals surface area contributed by atoms with Crippen molar-refractivity contribution >= 4 is 29.2 Å². The summed E-state index contributed by atoms with van der Waals surface area (Å²) in [5, 5.41) is 2.70. The van der Waals surface area contributed by atoms with Crippen LogP contribution in [0.2, 0.25) is 0 Å². The van der Waals surface area contributed by atoms with E-state index in [-0.39, 0.29) is 24.3 Å². The number of rotatable bonds is 5. The summed E-state index contributed by atoms with van der Waals surface area (Å²) in [4.78, 5) is 41.8. The van der Waals surface area contributed by atoms with E-state index in [4.69, 9.17) is 4.74 Å². The van der Waals surface area contributed by atoms with Crippen molar-refractivity contribution in [2.24, 2.45) is 7.05 Å². The van der Waals surface area contributed by atoms with Crippen LogP contribution in [0.15, 0.2) is 42.9 Å². The number of imidazole rings is 2. The predicted molar refractivity (Wildman–Crippen MR) is 100 cm³/mol. The topological polar surface area (TPSA) is 97.9 Å². The number of aromatic nitrogens is 3. The Bertz CT molecular complexity index is 1070. The van der Waals surface area contributed by atoms with Gasteiger partial charge in [-0.05, 0) is 24.3 Å². The van der Waals surface area contributed by atoms with E-state index < -0.39 is 6.09 Å². The van der Waals surface area contributed by atoms with E-state index in [0.717, 1.165) is 0 Å². The Hall–Kier alpha value is -3.62. The molecule has 1 fully saturated rings. The van der Waals surface area contributed by atoms with Crippen molar-refractivity contribution in [2.45, 2.75) is 13.0 Å². The summed E-state index contributed by atoms with van der Waals surface area (Å²) in [6, 6.07) is 6.44. The van der Waals surface area contributed by atoms with Gasteiger partial charge in [-0.2, -0.15) is 0 Å². The maximum atomic E-state index is 12.8. The number of fused-ring (bicyclic) bond motifs is 1. The molecule has 144 valence electrons. The number of cyclic esters (lactones) is 1. The SMILES string of the molecule is CC(=O)NCC1COC(=O)N1c1ccc(C(=O)c2cnc3n(C)ccn23)cc1. The van der Waals surface area contributed by atoms with Crippen molar-refractivity contribution in [3.8, 4) is 0 Å². The largest absolute Gasteiger partial charge is 0.447 e. The first-order valence-corrected chi connectivity index (χ1v) is 8.79. The lowest BCUT2D eigenvalue weighted by Gasteiger charge is -2.21. The Kier molecular flexibility index (Phi) is 4.34. The summed E-state index contributed by atoms with van der Waals surface area (Å²) in [6.45, 7) is 1.91. The highest BCUT2D eigenvalue weighted by molar-refractivity contribution is 6.08. The van der Waals surface area contributed by atoms with Gasteiger partial charge in [0.1, 0.15) is 12.3 Å². The van der Waals surface area contributed by atoms with E-state index in [1.165, 1.54) is 11.8 Å². The van der Waals surface area contributed by atoms with Gasteiger partial charge in [-0.15, -0.1) is 0 Å². The molecule has 1 saturated heterocycles. The molecule has 0 spiro atoms. The molecule has 3 heterocycles. The first-order chi connectivity index (χ1) is 13.5. The van der Waals surface area contributed by atoms with Crippen molar-refractivity contribution in [1.29, 1.82) is 0 Å². The fourth-order valence-electron chi connectivity index (χ4n) is 3.27. The maximum Gasteiger partial charge on any atom is 0.414 e. The zero-order valence-electron chi connectivity index (χ0n) is 15.5. The van der Waals surface area contributed by atoms with Crippen LogP contribution in [-0.2, 0) is 16.6 Å². The molecule has 2 amide bonds. The highest BCUT2D eigenvalue weighted by atomic mass is 16.6. The van der Waals surface area contributed by atoms with Crippen LogP contribution in [0.4, 0.5) is 10.5 Å². The lowest BCUT2D eigenvalue weighted by atomic mass is 10.1. The Morgan fingerprint density at radius 2 is 2.00 bits per heavy atom. The van der Waals surface area contributed by atoms with Crippen molar-refractivity contribution in [1.82, 2.24) is 19.3 Å². The molecular formula is C19H19N5O4. The normalized spacial score (nSPS) is 16.4. The first-order valence-electron chi connectivity index (χ1n) is 8.79. The molecule has 1 atom stereocenters. The predicted octanol–water partition coefficient (Wildman–Crippen LogP) is 1.37. The van der Waals surface area contributed by atoms with Crippen LogP contribution in [0, 0.1) is 0 Å². The summed E-state index contributed by atoms with van der Waals surface area (Å²) in [5.41, 5.74) is 1.56. The lowest BCUT2D eigenvalue weighted by Crippen LogP contribution is -2.42. The summed E-state index contributed by atoms with van der Waals surface area (Å²) in [7, 11) is 1.86. The van der Waals surface area contributed by atoms with Crippen LogP contribution in [-0.4, -0.2) is 50.9 Å². The molecule has 1 aliphatic heterocycles. The second-order valence-electron chi connectivity index (χ2n) is 6.64. The molecule has 1 unspecified atom stereocenters. The van der Waals surface area contributed by atoms with E-state index >= 15 is 0 Å². The molecule has 0 saturated carbocycles. The number of carbonyl (C=O) groups is 3. The van der Waals surface area contributed by atoms with Gasteiger partial charge in [0.2, 0.25) is 17.5 Å². The van der Waals surface area contributed by atoms with E-state index in [9.17, 15) is 14.4 Å². The third-order valence-corrected chi connectivity index (χ3v) is 4.72. The molecule has 28 heavy (non-hydrogen) atoms. The van der Waals surface area contributed by atoms with E-state index in [0.29, 0.717) is 29.3 Å². The van der Waals surface area contributed by atoms with Crippen LogP contribution in [0.5, 0.6) is 0 Å². The number of aryl methyl sites for hydroxylation is 1. The maximum absolute atomic E-state index is 12.8. The average Bonchev–Trinajstić information content (AvgIpc) is 3.36. The van der Waals surface area contributed by atoms with Crippen LogP contribution >= 0.6 is 0 Å². The molecule has 1 N–H and O–H groups in total. The van der Waals surface area contributed by atoms with Gasteiger partial charge in [0.15, 0.2) is 0 Å². The molecule has 9 heteroatoms. The van der Waals surface area contributed by atoms with Gasteiger partial charge in [0.25, 0.3) is 0 Å². The molecule has 1 aliphatic rings. The molecule has 0 bridgehead atoms. The van der Waals surface area contributed by atoms with Gasteiger partial charge in [0, 0.05) is 44.2 Å². The number of nitrogens with one attached hydrogen (secondary N) is 1. The van der Waals surface area contributed by atoms with Crippen molar-refractivity contribution in [3.05, 3.63) is 54.1 Å². The fraction of sp³-hybridized carbons (Fsp3) is 0.263. The molecule has 0 aliphatic carbocycles. The number of ketones is 1. The van der Waals surface area contributed by atoms with Gasteiger partial charge in [0.05, 0.1) is 12.2 Å². The van der Waals surface area contributed by atoms with Gasteiger partial charge in [-0.1, -0.05) is 0 Å². The third-order valence-electron chi connectivity index (χ3n) is 4.72. The molecule has 1 aromatic carbocycles. The quantitative estimate of drug-likeness (QED) is 0.673. The van der Waals surface area contributed by atoms with Crippen LogP contribution < -0.4 is 10.2 Å². The Labute approximate surface area is 160 Å². The van der Waals surface area contributed by atoms with Gasteiger partial charge in [-0.3, -0.25) is 18.9 Å². The monoisotopic (exact) mass is 381 g/mol. The summed E-state index contributed by atoms with van der Waals surface area (Å²) >= 11 is 0. The minimum Gasteiger partial charge on any atom is -0.447 e. The van der Waals surface area contributed by atoms with E-state index in [1.807, 2.05) is 17.8 Å². The number of hydrogen-bond acceptors (Lipinski definition) is 5. The van der Waals surface area contributed by atoms with Gasteiger partial charge < -0.3 is 14.6 Å². The number of amides is 2. The minimum atomic E-state index is -0.476. The van der Waals surface area contributed by atoms with Crippen molar-refractivity contribution < 1.29 is 19.1 Å². The van der Waals surface area contributed by atoms with Crippen LogP contribution in [0.3, 0.4) is 0 Å². The third kappa shape index (κ3) is 3.00. The second-order valence-corrected chi connectivity index (χ2v) is 6.64. The number of nitrogens with zero attached hydrogens (tertiary/aromatic N) is 4. The zero-order chi connectivity index (χ0) is 19.8. The highest BCUT2D eigenvalue weighted by Gasteiger charge is 2.34. The standard InChI is InChI=1S/C19H19N5O4/c1-12(25)20-9-15-11-28-19(27)24(15)14-5-3-13(4-6-14)17(26)16-10-21-18-22(2)7-8-23(16)18/h3-8,10,15H,9,11H2,1-2H3,(H,20,25). The number of benzene rings is 1. The molecule has 3 aromatic rings. The van der Waals surface area contributed by atoms with E-state index in [1.54, 1.807) is 41.1 Å². The van der Waals surface area contributed by atoms with Crippen molar-refractivity contribution in [3.63, 3.8) is 0 Å². The van der Waals surface area contributed by atoms with E-state index in [2.05, 4.69) is 10.3 Å². The Morgan fingerprint density at radius 3 is 2.71 bits per heavy atom. The van der Waals surface area contributed by atoms with Crippen LogP contribution in [0.25, 0.3) is 5.78 Å². The Morgan fingerprint density at radius 1 is 1.25 bits per heavy atom. The molecular weight excluding hydrogens is 362 g/mol. The zero-order valence-corrected chi connectivity index (χ0v) is 15.5. The average molecular weight is 381 g/mol. The molecule has 0 radical (unpaired) electrons. The minimum absolute atomic E-state index is 0.163.